The lowest BCUT2D eigenvalue weighted by atomic mass is 9.98. The van der Waals surface area contributed by atoms with Gasteiger partial charge in [-0.05, 0) is 50.8 Å². The van der Waals surface area contributed by atoms with Crippen molar-refractivity contribution in [2.24, 2.45) is 0 Å². The Balaban J connectivity index is 2.46. The van der Waals surface area contributed by atoms with E-state index in [1.54, 1.807) is 0 Å². The number of carboxylic acid groups (broad SMARTS) is 1. The first-order valence-corrected chi connectivity index (χ1v) is 7.35. The highest BCUT2D eigenvalue weighted by Crippen LogP contribution is 2.18. The number of halogens is 1. The summed E-state index contributed by atoms with van der Waals surface area (Å²) in [4.78, 5) is 22.5. The molecule has 1 amide bonds. The SMILES string of the molecule is Cc1ccc(CCC(=O)NC(C)(C)CCC(=O)O)cc1Cl. The highest BCUT2D eigenvalue weighted by atomic mass is 35.5. The van der Waals surface area contributed by atoms with Crippen molar-refractivity contribution in [2.75, 3.05) is 0 Å². The maximum Gasteiger partial charge on any atom is 0.303 e. The largest absolute Gasteiger partial charge is 0.481 e. The second-order valence-electron chi connectivity index (χ2n) is 5.91. The van der Waals surface area contributed by atoms with Crippen molar-refractivity contribution in [2.45, 2.75) is 52.0 Å². The number of hydrogen-bond donors (Lipinski definition) is 2. The number of carboxylic acids is 1. The zero-order valence-corrected chi connectivity index (χ0v) is 13.5. The topological polar surface area (TPSA) is 66.4 Å². The lowest BCUT2D eigenvalue weighted by molar-refractivity contribution is -0.137. The predicted octanol–water partition coefficient (Wildman–Crippen LogP) is 3.34. The van der Waals surface area contributed by atoms with Gasteiger partial charge < -0.3 is 10.4 Å². The molecule has 0 saturated carbocycles. The van der Waals surface area contributed by atoms with Crippen LogP contribution in [-0.2, 0) is 16.0 Å². The minimum absolute atomic E-state index is 0.0425. The molecule has 1 aromatic carbocycles. The van der Waals surface area contributed by atoms with Crippen molar-refractivity contribution >= 4 is 23.5 Å². The van der Waals surface area contributed by atoms with E-state index in [2.05, 4.69) is 5.32 Å². The van der Waals surface area contributed by atoms with Gasteiger partial charge in [0.15, 0.2) is 0 Å². The number of nitrogens with one attached hydrogen (secondary N) is 1. The molecule has 1 rings (SSSR count). The second-order valence-corrected chi connectivity index (χ2v) is 6.32. The Morgan fingerprint density at radius 1 is 1.29 bits per heavy atom. The van der Waals surface area contributed by atoms with Crippen molar-refractivity contribution in [1.29, 1.82) is 0 Å². The van der Waals surface area contributed by atoms with Crippen LogP contribution in [0.3, 0.4) is 0 Å². The van der Waals surface area contributed by atoms with E-state index in [0.29, 0.717) is 24.3 Å². The third-order valence-electron chi connectivity index (χ3n) is 3.32. The molecule has 0 saturated heterocycles. The van der Waals surface area contributed by atoms with Gasteiger partial charge in [-0.3, -0.25) is 9.59 Å². The van der Waals surface area contributed by atoms with Crippen molar-refractivity contribution in [3.05, 3.63) is 34.3 Å². The summed E-state index contributed by atoms with van der Waals surface area (Å²) in [6.45, 7) is 5.59. The van der Waals surface area contributed by atoms with Gasteiger partial charge in [0.05, 0.1) is 0 Å². The molecule has 0 aliphatic carbocycles. The zero-order chi connectivity index (χ0) is 16.0. The number of aliphatic carboxylic acids is 1. The molecule has 0 spiro atoms. The number of benzene rings is 1. The lowest BCUT2D eigenvalue weighted by Gasteiger charge is -2.25. The standard InChI is InChI=1S/C16H22ClNO3/c1-11-4-5-12(10-13(11)17)6-7-14(19)18-16(2,3)9-8-15(20)21/h4-5,10H,6-9H2,1-3H3,(H,18,19)(H,20,21). The van der Waals surface area contributed by atoms with Gasteiger partial charge in [0.1, 0.15) is 0 Å². The van der Waals surface area contributed by atoms with E-state index in [4.69, 9.17) is 16.7 Å². The van der Waals surface area contributed by atoms with E-state index in [-0.39, 0.29) is 12.3 Å². The Kier molecular flexibility index (Phi) is 6.21. The first kappa shape index (κ1) is 17.5. The molecule has 1 aromatic rings. The van der Waals surface area contributed by atoms with Crippen LogP contribution in [0.15, 0.2) is 18.2 Å². The fraction of sp³-hybridized carbons (Fsp3) is 0.500. The average molecular weight is 312 g/mol. The second kappa shape index (κ2) is 7.46. The van der Waals surface area contributed by atoms with Gasteiger partial charge in [-0.2, -0.15) is 0 Å². The van der Waals surface area contributed by atoms with Crippen LogP contribution in [0.5, 0.6) is 0 Å². The summed E-state index contributed by atoms with van der Waals surface area (Å²) < 4.78 is 0. The monoisotopic (exact) mass is 311 g/mol. The van der Waals surface area contributed by atoms with E-state index in [0.717, 1.165) is 11.1 Å². The maximum absolute atomic E-state index is 11.9. The molecule has 0 aromatic heterocycles. The smallest absolute Gasteiger partial charge is 0.303 e. The molecule has 0 radical (unpaired) electrons. The Hall–Kier alpha value is -1.55. The molecule has 0 fully saturated rings. The fourth-order valence-electron chi connectivity index (χ4n) is 1.97. The first-order valence-electron chi connectivity index (χ1n) is 6.97. The third kappa shape index (κ3) is 6.63. The van der Waals surface area contributed by atoms with Gasteiger partial charge in [0.25, 0.3) is 0 Å². The fourth-order valence-corrected chi connectivity index (χ4v) is 2.17. The highest BCUT2D eigenvalue weighted by Gasteiger charge is 2.21. The van der Waals surface area contributed by atoms with Gasteiger partial charge in [-0.15, -0.1) is 0 Å². The van der Waals surface area contributed by atoms with Gasteiger partial charge >= 0.3 is 5.97 Å². The number of hydrogen-bond acceptors (Lipinski definition) is 2. The number of aryl methyl sites for hydroxylation is 2. The molecule has 5 heteroatoms. The van der Waals surface area contributed by atoms with Crippen molar-refractivity contribution in [3.63, 3.8) is 0 Å². The Morgan fingerprint density at radius 3 is 2.52 bits per heavy atom. The molecular formula is C16H22ClNO3. The first-order chi connectivity index (χ1) is 9.69. The van der Waals surface area contributed by atoms with Crippen molar-refractivity contribution < 1.29 is 14.7 Å². The summed E-state index contributed by atoms with van der Waals surface area (Å²) in [5, 5.41) is 12.3. The molecule has 2 N–H and O–H groups in total. The van der Waals surface area contributed by atoms with Gasteiger partial charge in [0, 0.05) is 23.4 Å². The number of carbonyl (C=O) groups is 2. The number of rotatable bonds is 7. The van der Waals surface area contributed by atoms with Gasteiger partial charge in [-0.25, -0.2) is 0 Å². The Labute approximate surface area is 130 Å². The molecule has 0 aliphatic rings. The van der Waals surface area contributed by atoms with Gasteiger partial charge in [-0.1, -0.05) is 23.7 Å². The van der Waals surface area contributed by atoms with E-state index in [1.165, 1.54) is 0 Å². The van der Waals surface area contributed by atoms with Crippen LogP contribution in [0.2, 0.25) is 5.02 Å². The molecule has 0 unspecified atom stereocenters. The maximum atomic E-state index is 11.9. The quantitative estimate of drug-likeness (QED) is 0.811. The average Bonchev–Trinajstić information content (AvgIpc) is 2.37. The Morgan fingerprint density at radius 2 is 1.95 bits per heavy atom. The summed E-state index contributed by atoms with van der Waals surface area (Å²) >= 11 is 6.05. The summed E-state index contributed by atoms with van der Waals surface area (Å²) in [7, 11) is 0. The third-order valence-corrected chi connectivity index (χ3v) is 3.73. The van der Waals surface area contributed by atoms with Crippen LogP contribution >= 0.6 is 11.6 Å². The minimum atomic E-state index is -0.855. The summed E-state index contributed by atoms with van der Waals surface area (Å²) in [6, 6.07) is 5.77. The molecule has 0 atom stereocenters. The van der Waals surface area contributed by atoms with Crippen molar-refractivity contribution in [1.82, 2.24) is 5.32 Å². The molecule has 0 heterocycles. The van der Waals surface area contributed by atoms with E-state index >= 15 is 0 Å². The predicted molar refractivity (Wildman–Crippen MR) is 83.6 cm³/mol. The van der Waals surface area contributed by atoms with Crippen LogP contribution < -0.4 is 5.32 Å². The summed E-state index contributed by atoms with van der Waals surface area (Å²) in [5.74, 6) is -0.936. The normalized spacial score (nSPS) is 11.2. The number of carbonyl (C=O) groups excluding carboxylic acids is 1. The van der Waals surface area contributed by atoms with Gasteiger partial charge in [0.2, 0.25) is 5.91 Å². The van der Waals surface area contributed by atoms with E-state index < -0.39 is 11.5 Å². The molecule has 0 aliphatic heterocycles. The summed E-state index contributed by atoms with van der Waals surface area (Å²) in [6.07, 6.45) is 1.42. The molecule has 4 nitrogen and oxygen atoms in total. The number of amides is 1. The zero-order valence-electron chi connectivity index (χ0n) is 12.7. The Bertz CT molecular complexity index is 526. The van der Waals surface area contributed by atoms with Crippen LogP contribution in [0.25, 0.3) is 0 Å². The molecular weight excluding hydrogens is 290 g/mol. The van der Waals surface area contributed by atoms with Crippen LogP contribution in [-0.4, -0.2) is 22.5 Å². The van der Waals surface area contributed by atoms with E-state index in [1.807, 2.05) is 39.0 Å². The molecule has 0 bridgehead atoms. The summed E-state index contributed by atoms with van der Waals surface area (Å²) in [5.41, 5.74) is 1.52. The minimum Gasteiger partial charge on any atom is -0.481 e. The highest BCUT2D eigenvalue weighted by molar-refractivity contribution is 6.31. The van der Waals surface area contributed by atoms with Crippen LogP contribution in [0.4, 0.5) is 0 Å². The van der Waals surface area contributed by atoms with Crippen molar-refractivity contribution in [3.8, 4) is 0 Å². The molecule has 116 valence electrons. The van der Waals surface area contributed by atoms with Crippen LogP contribution in [0.1, 0.15) is 44.2 Å². The van der Waals surface area contributed by atoms with Crippen LogP contribution in [0, 0.1) is 6.92 Å². The molecule has 21 heavy (non-hydrogen) atoms. The lowest BCUT2D eigenvalue weighted by Crippen LogP contribution is -2.43. The van der Waals surface area contributed by atoms with E-state index in [9.17, 15) is 9.59 Å².